The number of carbonyl (C=O) groups is 2. The van der Waals surface area contributed by atoms with Gasteiger partial charge in [-0.15, -0.1) is 11.3 Å². The SMILES string of the molecule is COc1ccc(NC(=O)c2cc(C(N)=O)cs2)cc1OC(F)F. The first-order valence-corrected chi connectivity index (χ1v) is 7.11. The predicted molar refractivity (Wildman–Crippen MR) is 80.4 cm³/mol. The Hall–Kier alpha value is -2.68. The van der Waals surface area contributed by atoms with Crippen LogP contribution in [0.3, 0.4) is 0 Å². The lowest BCUT2D eigenvalue weighted by Crippen LogP contribution is -2.12. The molecule has 2 aromatic rings. The quantitative estimate of drug-likeness (QED) is 0.844. The van der Waals surface area contributed by atoms with E-state index in [9.17, 15) is 18.4 Å². The van der Waals surface area contributed by atoms with Crippen LogP contribution < -0.4 is 20.5 Å². The number of rotatable bonds is 6. The Balaban J connectivity index is 2.18. The van der Waals surface area contributed by atoms with Gasteiger partial charge in [0.25, 0.3) is 5.91 Å². The number of amides is 2. The van der Waals surface area contributed by atoms with E-state index in [-0.39, 0.29) is 27.6 Å². The van der Waals surface area contributed by atoms with Crippen molar-refractivity contribution in [3.63, 3.8) is 0 Å². The van der Waals surface area contributed by atoms with Gasteiger partial charge in [0.1, 0.15) is 0 Å². The van der Waals surface area contributed by atoms with E-state index in [1.165, 1.54) is 36.8 Å². The molecule has 0 atom stereocenters. The van der Waals surface area contributed by atoms with Gasteiger partial charge in [-0.3, -0.25) is 9.59 Å². The molecule has 1 heterocycles. The van der Waals surface area contributed by atoms with Crippen LogP contribution >= 0.6 is 11.3 Å². The first-order chi connectivity index (χ1) is 10.9. The first kappa shape index (κ1) is 16.7. The first-order valence-electron chi connectivity index (χ1n) is 6.23. The molecule has 0 fully saturated rings. The molecule has 0 spiro atoms. The van der Waals surface area contributed by atoms with Gasteiger partial charge in [0.2, 0.25) is 5.91 Å². The van der Waals surface area contributed by atoms with Gasteiger partial charge < -0.3 is 20.5 Å². The number of benzene rings is 1. The Morgan fingerprint density at radius 1 is 1.26 bits per heavy atom. The zero-order valence-corrected chi connectivity index (χ0v) is 12.7. The van der Waals surface area contributed by atoms with E-state index in [1.807, 2.05) is 0 Å². The molecule has 0 aliphatic heterocycles. The number of hydrogen-bond acceptors (Lipinski definition) is 5. The van der Waals surface area contributed by atoms with Gasteiger partial charge in [-0.05, 0) is 18.2 Å². The summed E-state index contributed by atoms with van der Waals surface area (Å²) in [7, 11) is 1.31. The molecule has 0 saturated heterocycles. The van der Waals surface area contributed by atoms with Crippen molar-refractivity contribution in [2.45, 2.75) is 6.61 Å². The second-order valence-corrected chi connectivity index (χ2v) is 5.17. The van der Waals surface area contributed by atoms with Crippen LogP contribution in [0.2, 0.25) is 0 Å². The van der Waals surface area contributed by atoms with Crippen molar-refractivity contribution in [2.24, 2.45) is 5.73 Å². The molecule has 0 aliphatic rings. The van der Waals surface area contributed by atoms with Gasteiger partial charge in [0.15, 0.2) is 11.5 Å². The molecule has 0 aliphatic carbocycles. The summed E-state index contributed by atoms with van der Waals surface area (Å²) < 4.78 is 34.0. The molecule has 0 unspecified atom stereocenters. The summed E-state index contributed by atoms with van der Waals surface area (Å²) in [6, 6.07) is 5.42. The molecule has 1 aromatic heterocycles. The predicted octanol–water partition coefficient (Wildman–Crippen LogP) is 2.71. The average molecular weight is 342 g/mol. The maximum atomic E-state index is 12.4. The number of carbonyl (C=O) groups excluding carboxylic acids is 2. The molecule has 6 nitrogen and oxygen atoms in total. The summed E-state index contributed by atoms with van der Waals surface area (Å²) in [6.07, 6.45) is 0. The molecule has 0 saturated carbocycles. The number of thiophene rings is 1. The molecular weight excluding hydrogens is 330 g/mol. The number of anilines is 1. The van der Waals surface area contributed by atoms with Crippen LogP contribution in [-0.4, -0.2) is 25.5 Å². The normalized spacial score (nSPS) is 10.4. The summed E-state index contributed by atoms with van der Waals surface area (Å²) in [5, 5.41) is 3.97. The van der Waals surface area contributed by atoms with Gasteiger partial charge in [-0.25, -0.2) is 0 Å². The number of nitrogens with one attached hydrogen (secondary N) is 1. The third kappa shape index (κ3) is 4.16. The van der Waals surface area contributed by atoms with E-state index in [1.54, 1.807) is 0 Å². The van der Waals surface area contributed by atoms with E-state index in [2.05, 4.69) is 10.1 Å². The van der Waals surface area contributed by atoms with E-state index in [0.717, 1.165) is 11.3 Å². The van der Waals surface area contributed by atoms with Crippen LogP contribution in [0.4, 0.5) is 14.5 Å². The lowest BCUT2D eigenvalue weighted by atomic mass is 10.2. The van der Waals surface area contributed by atoms with Crippen molar-refractivity contribution in [3.8, 4) is 11.5 Å². The Morgan fingerprint density at radius 3 is 2.57 bits per heavy atom. The Morgan fingerprint density at radius 2 is 2.00 bits per heavy atom. The van der Waals surface area contributed by atoms with Crippen molar-refractivity contribution < 1.29 is 27.8 Å². The number of hydrogen-bond donors (Lipinski definition) is 2. The Bertz CT molecular complexity index is 733. The van der Waals surface area contributed by atoms with Crippen LogP contribution in [0.15, 0.2) is 29.6 Å². The number of alkyl halides is 2. The van der Waals surface area contributed by atoms with E-state index < -0.39 is 18.4 Å². The van der Waals surface area contributed by atoms with Crippen LogP contribution in [0.1, 0.15) is 20.0 Å². The van der Waals surface area contributed by atoms with Crippen LogP contribution in [0.5, 0.6) is 11.5 Å². The number of methoxy groups -OCH3 is 1. The van der Waals surface area contributed by atoms with Crippen molar-refractivity contribution >= 4 is 28.8 Å². The standard InChI is InChI=1S/C14H12F2N2O4S/c1-21-9-3-2-8(5-10(9)22-14(15)16)18-13(20)11-4-7(6-23-11)12(17)19/h2-6,14H,1H3,(H2,17,19)(H,18,20). The van der Waals surface area contributed by atoms with Crippen molar-refractivity contribution in [3.05, 3.63) is 40.1 Å². The van der Waals surface area contributed by atoms with Crippen molar-refractivity contribution in [2.75, 3.05) is 12.4 Å². The van der Waals surface area contributed by atoms with E-state index in [0.29, 0.717) is 0 Å². The monoisotopic (exact) mass is 342 g/mol. The maximum Gasteiger partial charge on any atom is 0.387 e. The Labute approximate surface area is 133 Å². The lowest BCUT2D eigenvalue weighted by molar-refractivity contribution is -0.0511. The van der Waals surface area contributed by atoms with Crippen LogP contribution in [-0.2, 0) is 0 Å². The molecule has 1 aromatic carbocycles. The Kier molecular flexibility index (Phi) is 5.12. The highest BCUT2D eigenvalue weighted by Crippen LogP contribution is 2.31. The van der Waals surface area contributed by atoms with Crippen molar-refractivity contribution in [1.82, 2.24) is 0 Å². The fourth-order valence-electron chi connectivity index (χ4n) is 1.72. The number of primary amides is 1. The molecule has 9 heteroatoms. The third-order valence-corrected chi connectivity index (χ3v) is 3.67. The molecule has 3 N–H and O–H groups in total. The van der Waals surface area contributed by atoms with Gasteiger partial charge in [0, 0.05) is 17.1 Å². The minimum atomic E-state index is -3.02. The van der Waals surface area contributed by atoms with Gasteiger partial charge in [-0.2, -0.15) is 8.78 Å². The molecule has 2 rings (SSSR count). The molecule has 0 bridgehead atoms. The molecular formula is C14H12F2N2O4S. The average Bonchev–Trinajstić information content (AvgIpc) is 2.97. The zero-order valence-electron chi connectivity index (χ0n) is 11.8. The minimum absolute atomic E-state index is 0.107. The molecule has 23 heavy (non-hydrogen) atoms. The third-order valence-electron chi connectivity index (χ3n) is 2.75. The minimum Gasteiger partial charge on any atom is -0.493 e. The van der Waals surface area contributed by atoms with Gasteiger partial charge >= 0.3 is 6.61 Å². The highest BCUT2D eigenvalue weighted by Gasteiger charge is 2.15. The number of nitrogens with two attached hydrogens (primary N) is 1. The smallest absolute Gasteiger partial charge is 0.387 e. The molecule has 0 radical (unpaired) electrons. The van der Waals surface area contributed by atoms with Crippen molar-refractivity contribution in [1.29, 1.82) is 0 Å². The summed E-state index contributed by atoms with van der Waals surface area (Å²) in [4.78, 5) is 23.3. The zero-order chi connectivity index (χ0) is 17.0. The fraction of sp³-hybridized carbons (Fsp3) is 0.143. The highest BCUT2D eigenvalue weighted by atomic mass is 32.1. The second kappa shape index (κ2) is 7.05. The van der Waals surface area contributed by atoms with Crippen LogP contribution in [0, 0.1) is 0 Å². The van der Waals surface area contributed by atoms with Crippen LogP contribution in [0.25, 0.3) is 0 Å². The molecule has 2 amide bonds. The van der Waals surface area contributed by atoms with Gasteiger partial charge in [0.05, 0.1) is 17.6 Å². The lowest BCUT2D eigenvalue weighted by Gasteiger charge is -2.11. The number of halogens is 2. The number of ether oxygens (including phenoxy) is 2. The van der Waals surface area contributed by atoms with Gasteiger partial charge in [-0.1, -0.05) is 0 Å². The second-order valence-electron chi connectivity index (χ2n) is 4.26. The summed E-state index contributed by atoms with van der Waals surface area (Å²) in [5.74, 6) is -1.24. The summed E-state index contributed by atoms with van der Waals surface area (Å²) in [6.45, 7) is -3.02. The summed E-state index contributed by atoms with van der Waals surface area (Å²) in [5.41, 5.74) is 5.57. The largest absolute Gasteiger partial charge is 0.493 e. The molecule has 122 valence electrons. The highest BCUT2D eigenvalue weighted by molar-refractivity contribution is 7.12. The maximum absolute atomic E-state index is 12.4. The topological polar surface area (TPSA) is 90.6 Å². The van der Waals surface area contributed by atoms with E-state index >= 15 is 0 Å². The fourth-order valence-corrected chi connectivity index (χ4v) is 2.51. The summed E-state index contributed by atoms with van der Waals surface area (Å²) >= 11 is 1.04. The van der Waals surface area contributed by atoms with E-state index in [4.69, 9.17) is 10.5 Å².